The Morgan fingerprint density at radius 3 is 2.57 bits per heavy atom. The summed E-state index contributed by atoms with van der Waals surface area (Å²) in [7, 11) is 0. The lowest BCUT2D eigenvalue weighted by Crippen LogP contribution is -2.40. The predicted molar refractivity (Wildman–Crippen MR) is 136 cm³/mol. The van der Waals surface area contributed by atoms with Gasteiger partial charge in [0.05, 0.1) is 16.9 Å². The van der Waals surface area contributed by atoms with Crippen LogP contribution in [-0.4, -0.2) is 10.9 Å². The van der Waals surface area contributed by atoms with Crippen molar-refractivity contribution in [1.82, 2.24) is 4.98 Å². The summed E-state index contributed by atoms with van der Waals surface area (Å²) in [6.45, 7) is 0. The number of benzene rings is 3. The van der Waals surface area contributed by atoms with Crippen LogP contribution in [0, 0.1) is 0 Å². The molecule has 7 nitrogen and oxygen atoms in total. The highest BCUT2D eigenvalue weighted by atomic mass is 16.4. The average molecular weight is 458 g/mol. The average Bonchev–Trinajstić information content (AvgIpc) is 3.03. The van der Waals surface area contributed by atoms with E-state index in [9.17, 15) is 9.59 Å². The molecule has 168 valence electrons. The van der Waals surface area contributed by atoms with Crippen molar-refractivity contribution in [3.8, 4) is 0 Å². The molecule has 0 fully saturated rings. The van der Waals surface area contributed by atoms with Crippen molar-refractivity contribution in [1.29, 1.82) is 0 Å². The number of anilines is 3. The molecule has 1 atom stereocenters. The van der Waals surface area contributed by atoms with E-state index in [4.69, 9.17) is 4.42 Å². The van der Waals surface area contributed by atoms with Gasteiger partial charge in [0.1, 0.15) is 5.58 Å². The molecule has 1 unspecified atom stereocenters. The first kappa shape index (κ1) is 19.5. The molecule has 0 saturated carbocycles. The highest BCUT2D eigenvalue weighted by molar-refractivity contribution is 6.12. The lowest BCUT2D eigenvalue weighted by atomic mass is 9.89. The number of fused-ring (bicyclic) bond motifs is 6. The predicted octanol–water partition coefficient (Wildman–Crippen LogP) is 5.07. The third kappa shape index (κ3) is 2.81. The molecule has 7 rings (SSSR count). The Morgan fingerprint density at radius 2 is 1.63 bits per heavy atom. The van der Waals surface area contributed by atoms with Crippen LogP contribution in [0.4, 0.5) is 17.2 Å². The van der Waals surface area contributed by atoms with E-state index >= 15 is 0 Å². The van der Waals surface area contributed by atoms with Gasteiger partial charge in [-0.2, -0.15) is 0 Å². The molecular formula is C28H18N4O3. The highest BCUT2D eigenvalue weighted by Gasteiger charge is 2.47. The fraction of sp³-hybridized carbons (Fsp3) is 0.0357. The lowest BCUT2D eigenvalue weighted by molar-refractivity contribution is -0.118. The summed E-state index contributed by atoms with van der Waals surface area (Å²) in [5, 5.41) is 12.4. The molecule has 2 aliphatic heterocycles. The number of para-hydroxylation sites is 1. The van der Waals surface area contributed by atoms with E-state index < -0.39 is 11.2 Å². The number of amides is 1. The summed E-state index contributed by atoms with van der Waals surface area (Å²) in [6.07, 6.45) is 3.40. The van der Waals surface area contributed by atoms with Crippen molar-refractivity contribution in [3.63, 3.8) is 0 Å². The Morgan fingerprint density at radius 1 is 0.800 bits per heavy atom. The van der Waals surface area contributed by atoms with E-state index in [0.29, 0.717) is 34.0 Å². The van der Waals surface area contributed by atoms with Gasteiger partial charge in [-0.05, 0) is 47.2 Å². The molecule has 1 spiro atoms. The molecule has 1 amide bonds. The van der Waals surface area contributed by atoms with E-state index in [1.54, 1.807) is 24.4 Å². The van der Waals surface area contributed by atoms with Gasteiger partial charge in [-0.3, -0.25) is 4.79 Å². The molecule has 0 radical (unpaired) electrons. The minimum absolute atomic E-state index is 0.257. The fourth-order valence-corrected chi connectivity index (χ4v) is 4.98. The first-order valence-electron chi connectivity index (χ1n) is 11.2. The Hall–Kier alpha value is -4.91. The maximum atomic E-state index is 13.4. The fourth-order valence-electron chi connectivity index (χ4n) is 4.98. The molecule has 7 heteroatoms. The van der Waals surface area contributed by atoms with Crippen LogP contribution in [0.15, 0.2) is 100 Å². The zero-order valence-electron chi connectivity index (χ0n) is 18.3. The van der Waals surface area contributed by atoms with Gasteiger partial charge in [-0.15, -0.1) is 0 Å². The SMILES string of the molecule is O=C1Nc2ccccc2C12C=C(c1cc3c(ccc4ccccc43)oc1=O)Nc1cccnc1N2. The molecule has 2 aliphatic rings. The summed E-state index contributed by atoms with van der Waals surface area (Å²) in [5.74, 6) is 0.244. The number of aromatic nitrogens is 1. The number of rotatable bonds is 1. The van der Waals surface area contributed by atoms with Gasteiger partial charge in [0.2, 0.25) is 0 Å². The topological polar surface area (TPSA) is 96.3 Å². The number of nitrogens with one attached hydrogen (secondary N) is 3. The second-order valence-electron chi connectivity index (χ2n) is 8.66. The van der Waals surface area contributed by atoms with Gasteiger partial charge in [0.15, 0.2) is 11.4 Å². The summed E-state index contributed by atoms with van der Waals surface area (Å²) < 4.78 is 5.76. The Labute approximate surface area is 199 Å². The van der Waals surface area contributed by atoms with Crippen LogP contribution in [0.25, 0.3) is 27.4 Å². The van der Waals surface area contributed by atoms with Crippen LogP contribution >= 0.6 is 0 Å². The molecule has 0 aliphatic carbocycles. The van der Waals surface area contributed by atoms with Crippen molar-refractivity contribution in [2.45, 2.75) is 5.54 Å². The third-order valence-corrected chi connectivity index (χ3v) is 6.64. The highest BCUT2D eigenvalue weighted by Crippen LogP contribution is 2.44. The normalized spacial score (nSPS) is 18.3. The quantitative estimate of drug-likeness (QED) is 0.240. The monoisotopic (exact) mass is 458 g/mol. The number of hydrogen-bond acceptors (Lipinski definition) is 6. The van der Waals surface area contributed by atoms with E-state index in [-0.39, 0.29) is 5.91 Å². The molecule has 5 aromatic rings. The minimum atomic E-state index is -1.27. The summed E-state index contributed by atoms with van der Waals surface area (Å²) >= 11 is 0. The molecule has 2 aromatic heterocycles. The van der Waals surface area contributed by atoms with E-state index in [0.717, 1.165) is 21.7 Å². The van der Waals surface area contributed by atoms with Crippen LogP contribution in [0.5, 0.6) is 0 Å². The number of pyridine rings is 1. The second-order valence-corrected chi connectivity index (χ2v) is 8.66. The van der Waals surface area contributed by atoms with Crippen LogP contribution in [0.3, 0.4) is 0 Å². The first-order chi connectivity index (χ1) is 17.1. The molecule has 3 N–H and O–H groups in total. The molecule has 0 saturated heterocycles. The van der Waals surface area contributed by atoms with Crippen LogP contribution < -0.4 is 21.6 Å². The number of carbonyl (C=O) groups is 1. The summed E-state index contributed by atoms with van der Waals surface area (Å²) in [6, 6.07) is 24.6. The van der Waals surface area contributed by atoms with Crippen molar-refractivity contribution >= 4 is 50.5 Å². The standard InChI is InChI=1S/C28H18N4O3/c33-26-19(14-18-17-7-2-1-6-16(17)11-12-24(18)35-26)23-15-28(32-25-22(30-23)10-5-13-29-25)20-8-3-4-9-21(20)31-27(28)34/h1-15,30H,(H,29,32)(H,31,34). The number of hydrogen-bond donors (Lipinski definition) is 3. The smallest absolute Gasteiger partial charge is 0.345 e. The maximum Gasteiger partial charge on any atom is 0.345 e. The number of nitrogens with zero attached hydrogens (tertiary/aromatic N) is 1. The maximum absolute atomic E-state index is 13.4. The number of carbonyl (C=O) groups excluding carboxylic acids is 1. The Bertz CT molecular complexity index is 1790. The van der Waals surface area contributed by atoms with E-state index in [1.165, 1.54) is 0 Å². The Kier molecular flexibility index (Phi) is 3.93. The lowest BCUT2D eigenvalue weighted by Gasteiger charge is -2.25. The van der Waals surface area contributed by atoms with Gasteiger partial charge >= 0.3 is 5.63 Å². The van der Waals surface area contributed by atoms with Crippen molar-refractivity contribution in [3.05, 3.63) is 113 Å². The van der Waals surface area contributed by atoms with Gasteiger partial charge in [0, 0.05) is 22.8 Å². The van der Waals surface area contributed by atoms with Crippen molar-refractivity contribution < 1.29 is 9.21 Å². The first-order valence-corrected chi connectivity index (χ1v) is 11.2. The third-order valence-electron chi connectivity index (χ3n) is 6.64. The van der Waals surface area contributed by atoms with Gasteiger partial charge in [0.25, 0.3) is 5.91 Å². The molecule has 4 heterocycles. The largest absolute Gasteiger partial charge is 0.422 e. The molecule has 3 aromatic carbocycles. The molecular weight excluding hydrogens is 440 g/mol. The summed E-state index contributed by atoms with van der Waals surface area (Å²) in [5.41, 5.74) is 1.62. The minimum Gasteiger partial charge on any atom is -0.422 e. The van der Waals surface area contributed by atoms with Crippen LogP contribution in [0.1, 0.15) is 11.1 Å². The Balaban J connectivity index is 1.53. The van der Waals surface area contributed by atoms with Gasteiger partial charge < -0.3 is 20.4 Å². The second kappa shape index (κ2) is 7.04. The van der Waals surface area contributed by atoms with Gasteiger partial charge in [-0.1, -0.05) is 48.5 Å². The molecule has 35 heavy (non-hydrogen) atoms. The zero-order chi connectivity index (χ0) is 23.6. The van der Waals surface area contributed by atoms with Crippen LogP contribution in [0.2, 0.25) is 0 Å². The summed E-state index contributed by atoms with van der Waals surface area (Å²) in [4.78, 5) is 31.1. The van der Waals surface area contributed by atoms with Gasteiger partial charge in [-0.25, -0.2) is 9.78 Å². The zero-order valence-corrected chi connectivity index (χ0v) is 18.3. The molecule has 0 bridgehead atoms. The van der Waals surface area contributed by atoms with Crippen LogP contribution in [-0.2, 0) is 10.3 Å². The van der Waals surface area contributed by atoms with E-state index in [1.807, 2.05) is 66.7 Å². The van der Waals surface area contributed by atoms with E-state index in [2.05, 4.69) is 20.9 Å². The van der Waals surface area contributed by atoms with Crippen molar-refractivity contribution in [2.75, 3.05) is 16.0 Å². The van der Waals surface area contributed by atoms with Crippen molar-refractivity contribution in [2.24, 2.45) is 0 Å².